The average molecular weight is 313 g/mol. The second-order valence-corrected chi connectivity index (χ2v) is 6.50. The molecule has 0 atom stereocenters. The molecule has 0 aromatic carbocycles. The van der Waals surface area contributed by atoms with Gasteiger partial charge < -0.3 is 4.74 Å². The van der Waals surface area contributed by atoms with Crippen molar-refractivity contribution in [3.05, 3.63) is 21.4 Å². The summed E-state index contributed by atoms with van der Waals surface area (Å²) >= 11 is 8.07. The van der Waals surface area contributed by atoms with E-state index >= 15 is 0 Å². The quantitative estimate of drug-likeness (QED) is 0.728. The Morgan fingerprint density at radius 2 is 1.80 bits per heavy atom. The first-order chi connectivity index (χ1) is 9.49. The first-order valence-corrected chi connectivity index (χ1v) is 8.26. The Morgan fingerprint density at radius 1 is 1.15 bits per heavy atom. The predicted molar refractivity (Wildman–Crippen MR) is 85.8 cm³/mol. The number of nitrogens with zero attached hydrogens (tertiary/aromatic N) is 2. The Bertz CT molecular complexity index is 620. The van der Waals surface area contributed by atoms with Crippen LogP contribution in [0.5, 0.6) is 0 Å². The molecule has 0 unspecified atom stereocenters. The van der Waals surface area contributed by atoms with Crippen molar-refractivity contribution in [1.29, 1.82) is 0 Å². The summed E-state index contributed by atoms with van der Waals surface area (Å²) in [6.45, 7) is 11.0. The van der Waals surface area contributed by atoms with Crippen molar-refractivity contribution >= 4 is 33.2 Å². The van der Waals surface area contributed by atoms with Crippen LogP contribution >= 0.6 is 22.9 Å². The van der Waals surface area contributed by atoms with Gasteiger partial charge in [-0.15, -0.1) is 11.3 Å². The number of aryl methyl sites for hydroxylation is 2. The van der Waals surface area contributed by atoms with Crippen LogP contribution < -0.4 is 0 Å². The van der Waals surface area contributed by atoms with E-state index < -0.39 is 5.60 Å². The number of halogens is 1. The van der Waals surface area contributed by atoms with Gasteiger partial charge in [-0.2, -0.15) is 0 Å². The maximum Gasteiger partial charge on any atom is 0.163 e. The molecule has 0 fully saturated rings. The monoisotopic (exact) mass is 312 g/mol. The van der Waals surface area contributed by atoms with Crippen LogP contribution in [0.4, 0.5) is 0 Å². The molecule has 2 rings (SSSR count). The van der Waals surface area contributed by atoms with Gasteiger partial charge in [0.1, 0.15) is 15.6 Å². The summed E-state index contributed by atoms with van der Waals surface area (Å²) in [6, 6.07) is 0. The summed E-state index contributed by atoms with van der Waals surface area (Å²) in [5.74, 6) is 0.711. The van der Waals surface area contributed by atoms with Gasteiger partial charge in [-0.05, 0) is 39.2 Å². The molecular weight excluding hydrogens is 292 g/mol. The van der Waals surface area contributed by atoms with Crippen LogP contribution in [0.25, 0.3) is 10.2 Å². The van der Waals surface area contributed by atoms with Gasteiger partial charge in [-0.3, -0.25) is 0 Å². The maximum absolute atomic E-state index is 6.40. The second kappa shape index (κ2) is 5.96. The summed E-state index contributed by atoms with van der Waals surface area (Å²) in [6.07, 6.45) is 1.67. The third-order valence-electron chi connectivity index (χ3n) is 3.95. The Hall–Kier alpha value is -0.710. The highest BCUT2D eigenvalue weighted by Gasteiger charge is 2.33. The van der Waals surface area contributed by atoms with E-state index in [-0.39, 0.29) is 0 Å². The van der Waals surface area contributed by atoms with Crippen molar-refractivity contribution in [3.8, 4) is 0 Å². The molecule has 5 heteroatoms. The van der Waals surface area contributed by atoms with Crippen LogP contribution in [0, 0.1) is 13.8 Å². The number of hydrogen-bond acceptors (Lipinski definition) is 4. The highest BCUT2D eigenvalue weighted by atomic mass is 35.5. The summed E-state index contributed by atoms with van der Waals surface area (Å²) in [5, 5.41) is 1.52. The van der Waals surface area contributed by atoms with Gasteiger partial charge in [0.15, 0.2) is 5.82 Å². The third-order valence-corrected chi connectivity index (χ3v) is 5.33. The number of hydrogen-bond donors (Lipinski definition) is 0. The first-order valence-electron chi connectivity index (χ1n) is 7.06. The smallest absolute Gasteiger partial charge is 0.163 e. The fraction of sp³-hybridized carbons (Fsp3) is 0.600. The van der Waals surface area contributed by atoms with E-state index in [1.54, 1.807) is 11.3 Å². The Labute approximate surface area is 129 Å². The molecule has 2 heterocycles. The van der Waals surface area contributed by atoms with Gasteiger partial charge >= 0.3 is 0 Å². The van der Waals surface area contributed by atoms with Crippen LogP contribution in [-0.4, -0.2) is 16.6 Å². The fourth-order valence-electron chi connectivity index (χ4n) is 2.52. The van der Waals surface area contributed by atoms with E-state index in [2.05, 4.69) is 32.7 Å². The topological polar surface area (TPSA) is 35.0 Å². The molecule has 0 saturated carbocycles. The van der Waals surface area contributed by atoms with Crippen molar-refractivity contribution in [2.75, 3.05) is 6.61 Å². The Morgan fingerprint density at radius 3 is 2.35 bits per heavy atom. The Kier molecular flexibility index (Phi) is 4.67. The van der Waals surface area contributed by atoms with Crippen LogP contribution in [-0.2, 0) is 10.3 Å². The molecular formula is C15H21ClN2OS. The maximum atomic E-state index is 6.40. The molecule has 2 aromatic rings. The number of aromatic nitrogens is 2. The number of ether oxygens (including phenoxy) is 1. The van der Waals surface area contributed by atoms with E-state index in [1.165, 1.54) is 10.4 Å². The van der Waals surface area contributed by atoms with Crippen molar-refractivity contribution in [1.82, 2.24) is 9.97 Å². The van der Waals surface area contributed by atoms with Gasteiger partial charge in [0.05, 0.1) is 5.39 Å². The van der Waals surface area contributed by atoms with E-state index in [9.17, 15) is 0 Å². The van der Waals surface area contributed by atoms with E-state index in [0.717, 1.165) is 23.1 Å². The molecule has 0 aliphatic carbocycles. The van der Waals surface area contributed by atoms with Gasteiger partial charge in [-0.25, -0.2) is 9.97 Å². The number of rotatable bonds is 5. The van der Waals surface area contributed by atoms with Crippen molar-refractivity contribution in [3.63, 3.8) is 0 Å². The summed E-state index contributed by atoms with van der Waals surface area (Å²) < 4.78 is 5.98. The lowest BCUT2D eigenvalue weighted by atomic mass is 9.96. The molecule has 0 N–H and O–H groups in total. The SMILES string of the molecule is CCOC(CC)(CC)c1nc(Cl)c2c(C)c(C)sc2n1. The molecule has 0 spiro atoms. The highest BCUT2D eigenvalue weighted by Crippen LogP contribution is 2.37. The van der Waals surface area contributed by atoms with E-state index in [0.29, 0.717) is 17.6 Å². The van der Waals surface area contributed by atoms with Crippen LogP contribution in [0.1, 0.15) is 49.9 Å². The van der Waals surface area contributed by atoms with Crippen LogP contribution in [0.15, 0.2) is 0 Å². The molecule has 110 valence electrons. The number of thiophene rings is 1. The van der Waals surface area contributed by atoms with Gasteiger partial charge in [0.2, 0.25) is 0 Å². The molecule has 0 amide bonds. The van der Waals surface area contributed by atoms with Gasteiger partial charge in [0.25, 0.3) is 0 Å². The molecule has 0 radical (unpaired) electrons. The molecule has 0 bridgehead atoms. The van der Waals surface area contributed by atoms with Crippen molar-refractivity contribution in [2.45, 2.75) is 53.1 Å². The molecule has 0 aliphatic rings. The highest BCUT2D eigenvalue weighted by molar-refractivity contribution is 7.18. The standard InChI is InChI=1S/C15H21ClN2OS/c1-6-15(7-2,19-8-3)14-17-12(16)11-9(4)10(5)20-13(11)18-14/h6-8H2,1-5H3. The normalized spacial score (nSPS) is 12.3. The molecule has 0 aliphatic heterocycles. The van der Waals surface area contributed by atoms with E-state index in [1.807, 2.05) is 6.92 Å². The van der Waals surface area contributed by atoms with E-state index in [4.69, 9.17) is 21.3 Å². The second-order valence-electron chi connectivity index (χ2n) is 4.94. The molecule has 2 aromatic heterocycles. The number of fused-ring (bicyclic) bond motifs is 1. The molecule has 3 nitrogen and oxygen atoms in total. The fourth-order valence-corrected chi connectivity index (χ4v) is 3.91. The molecule has 20 heavy (non-hydrogen) atoms. The summed E-state index contributed by atoms with van der Waals surface area (Å²) in [5.41, 5.74) is 0.745. The zero-order valence-corrected chi connectivity index (χ0v) is 14.3. The zero-order valence-electron chi connectivity index (χ0n) is 12.7. The van der Waals surface area contributed by atoms with Crippen molar-refractivity contribution in [2.24, 2.45) is 0 Å². The minimum Gasteiger partial charge on any atom is -0.367 e. The predicted octanol–water partition coefficient (Wildman–Crippen LogP) is 5.01. The summed E-state index contributed by atoms with van der Waals surface area (Å²) in [7, 11) is 0. The largest absolute Gasteiger partial charge is 0.367 e. The van der Waals surface area contributed by atoms with Crippen LogP contribution in [0.2, 0.25) is 5.15 Å². The lowest BCUT2D eigenvalue weighted by Gasteiger charge is -2.29. The zero-order chi connectivity index (χ0) is 14.9. The Balaban J connectivity index is 2.66. The summed E-state index contributed by atoms with van der Waals surface area (Å²) in [4.78, 5) is 11.5. The average Bonchev–Trinajstić information content (AvgIpc) is 2.72. The third kappa shape index (κ3) is 2.45. The van der Waals surface area contributed by atoms with Gasteiger partial charge in [-0.1, -0.05) is 25.4 Å². The minimum absolute atomic E-state index is 0.432. The first kappa shape index (κ1) is 15.7. The minimum atomic E-state index is -0.432. The van der Waals surface area contributed by atoms with Crippen LogP contribution in [0.3, 0.4) is 0 Å². The lowest BCUT2D eigenvalue weighted by Crippen LogP contribution is -2.30. The lowest BCUT2D eigenvalue weighted by molar-refractivity contribution is -0.0568. The van der Waals surface area contributed by atoms with Crippen molar-refractivity contribution < 1.29 is 4.74 Å². The van der Waals surface area contributed by atoms with Gasteiger partial charge in [0, 0.05) is 11.5 Å². The molecule has 0 saturated heterocycles.